The van der Waals surface area contributed by atoms with E-state index in [9.17, 15) is 13.6 Å². The van der Waals surface area contributed by atoms with E-state index in [0.717, 1.165) is 12.1 Å². The first-order chi connectivity index (χ1) is 7.86. The van der Waals surface area contributed by atoms with Gasteiger partial charge in [-0.1, -0.05) is 13.8 Å². The SMILES string of the molecule is COc1cc(F)c(C(=O)C2CC2(C)C)c(F)c1. The van der Waals surface area contributed by atoms with Crippen LogP contribution in [-0.4, -0.2) is 12.9 Å². The van der Waals surface area contributed by atoms with Gasteiger partial charge in [0.2, 0.25) is 0 Å². The Hall–Kier alpha value is -1.45. The van der Waals surface area contributed by atoms with Crippen molar-refractivity contribution in [2.45, 2.75) is 20.3 Å². The van der Waals surface area contributed by atoms with Crippen molar-refractivity contribution in [2.24, 2.45) is 11.3 Å². The molecule has 1 saturated carbocycles. The van der Waals surface area contributed by atoms with E-state index in [2.05, 4.69) is 0 Å². The lowest BCUT2D eigenvalue weighted by molar-refractivity contribution is 0.0944. The lowest BCUT2D eigenvalue weighted by Crippen LogP contribution is -2.11. The summed E-state index contributed by atoms with van der Waals surface area (Å²) in [6, 6.07) is 2.07. The van der Waals surface area contributed by atoms with Crippen LogP contribution in [0.25, 0.3) is 0 Å². The summed E-state index contributed by atoms with van der Waals surface area (Å²) < 4.78 is 32.0. The van der Waals surface area contributed by atoms with Crippen molar-refractivity contribution in [1.82, 2.24) is 0 Å². The molecule has 92 valence electrons. The fourth-order valence-electron chi connectivity index (χ4n) is 1.99. The van der Waals surface area contributed by atoms with Crippen LogP contribution in [0.1, 0.15) is 30.6 Å². The van der Waals surface area contributed by atoms with Gasteiger partial charge in [-0.3, -0.25) is 4.79 Å². The van der Waals surface area contributed by atoms with Crippen LogP contribution in [0.4, 0.5) is 8.78 Å². The number of benzene rings is 1. The van der Waals surface area contributed by atoms with Crippen molar-refractivity contribution in [3.8, 4) is 5.75 Å². The summed E-state index contributed by atoms with van der Waals surface area (Å²) in [5.74, 6) is -2.36. The summed E-state index contributed by atoms with van der Waals surface area (Å²) in [5.41, 5.74) is -0.586. The number of carbonyl (C=O) groups excluding carboxylic acids is 1. The van der Waals surface area contributed by atoms with Crippen LogP contribution >= 0.6 is 0 Å². The zero-order chi connectivity index (χ0) is 12.8. The molecular formula is C13H14F2O2. The summed E-state index contributed by atoms with van der Waals surface area (Å²) in [4.78, 5) is 11.9. The molecule has 1 atom stereocenters. The van der Waals surface area contributed by atoms with E-state index in [-0.39, 0.29) is 17.1 Å². The minimum Gasteiger partial charge on any atom is -0.497 e. The van der Waals surface area contributed by atoms with Gasteiger partial charge in [-0.15, -0.1) is 0 Å². The molecule has 17 heavy (non-hydrogen) atoms. The van der Waals surface area contributed by atoms with Gasteiger partial charge in [0.05, 0.1) is 12.7 Å². The number of hydrogen-bond acceptors (Lipinski definition) is 2. The minimum atomic E-state index is -0.852. The van der Waals surface area contributed by atoms with Crippen LogP contribution < -0.4 is 4.74 Å². The third-order valence-electron chi connectivity index (χ3n) is 3.33. The summed E-state index contributed by atoms with van der Waals surface area (Å²) in [6.45, 7) is 3.82. The van der Waals surface area contributed by atoms with Gasteiger partial charge in [0.25, 0.3) is 0 Å². The lowest BCUT2D eigenvalue weighted by atomic mass is 10.0. The Bertz CT molecular complexity index is 457. The number of halogens is 2. The van der Waals surface area contributed by atoms with Crippen LogP contribution in [0, 0.1) is 23.0 Å². The van der Waals surface area contributed by atoms with Gasteiger partial charge in [0, 0.05) is 18.1 Å². The molecule has 2 nitrogen and oxygen atoms in total. The molecule has 1 aromatic carbocycles. The Labute approximate surface area is 98.6 Å². The first-order valence-electron chi connectivity index (χ1n) is 5.44. The zero-order valence-electron chi connectivity index (χ0n) is 10.0. The summed E-state index contributed by atoms with van der Waals surface area (Å²) in [5, 5.41) is 0. The lowest BCUT2D eigenvalue weighted by Gasteiger charge is -2.07. The molecule has 1 aromatic rings. The smallest absolute Gasteiger partial charge is 0.172 e. The first kappa shape index (κ1) is 12.0. The normalized spacial score (nSPS) is 21.1. The molecule has 0 amide bonds. The minimum absolute atomic E-state index is 0.0756. The van der Waals surface area contributed by atoms with Crippen LogP contribution in [0.15, 0.2) is 12.1 Å². The number of carbonyl (C=O) groups is 1. The highest BCUT2D eigenvalue weighted by molar-refractivity contribution is 6.00. The van der Waals surface area contributed by atoms with Gasteiger partial charge in [0.1, 0.15) is 17.4 Å². The Morgan fingerprint density at radius 1 is 1.35 bits per heavy atom. The van der Waals surface area contributed by atoms with E-state index in [0.29, 0.717) is 6.42 Å². The predicted molar refractivity (Wildman–Crippen MR) is 59.1 cm³/mol. The molecule has 0 heterocycles. The number of methoxy groups -OCH3 is 1. The standard InChI is InChI=1S/C13H14F2O2/c1-13(2)6-8(13)12(16)11-9(14)4-7(17-3)5-10(11)15/h4-5,8H,6H2,1-3H3. The molecule has 1 fully saturated rings. The van der Waals surface area contributed by atoms with E-state index >= 15 is 0 Å². The molecule has 0 aromatic heterocycles. The van der Waals surface area contributed by atoms with Crippen molar-refractivity contribution >= 4 is 5.78 Å². The maximum atomic E-state index is 13.6. The van der Waals surface area contributed by atoms with Gasteiger partial charge in [-0.2, -0.15) is 0 Å². The van der Waals surface area contributed by atoms with E-state index in [4.69, 9.17) is 4.74 Å². The monoisotopic (exact) mass is 240 g/mol. The Morgan fingerprint density at radius 2 is 1.82 bits per heavy atom. The fourth-order valence-corrected chi connectivity index (χ4v) is 1.99. The molecule has 0 radical (unpaired) electrons. The number of ether oxygens (including phenoxy) is 1. The van der Waals surface area contributed by atoms with Crippen molar-refractivity contribution < 1.29 is 18.3 Å². The number of ketones is 1. The molecule has 0 aliphatic heterocycles. The van der Waals surface area contributed by atoms with E-state index in [1.807, 2.05) is 13.8 Å². The van der Waals surface area contributed by atoms with E-state index < -0.39 is 23.0 Å². The largest absolute Gasteiger partial charge is 0.497 e. The summed E-state index contributed by atoms with van der Waals surface area (Å²) in [6.07, 6.45) is 0.677. The third kappa shape index (κ3) is 2.04. The quantitative estimate of drug-likeness (QED) is 0.758. The van der Waals surface area contributed by atoms with E-state index in [1.54, 1.807) is 0 Å². The second-order valence-corrected chi connectivity index (χ2v) is 5.08. The van der Waals surface area contributed by atoms with Crippen molar-refractivity contribution in [3.63, 3.8) is 0 Å². The first-order valence-corrected chi connectivity index (χ1v) is 5.44. The molecule has 1 aliphatic carbocycles. The van der Waals surface area contributed by atoms with Crippen molar-refractivity contribution in [1.29, 1.82) is 0 Å². The van der Waals surface area contributed by atoms with E-state index in [1.165, 1.54) is 7.11 Å². The third-order valence-corrected chi connectivity index (χ3v) is 3.33. The maximum absolute atomic E-state index is 13.6. The second-order valence-electron chi connectivity index (χ2n) is 5.08. The van der Waals surface area contributed by atoms with Gasteiger partial charge < -0.3 is 4.74 Å². The summed E-state index contributed by atoms with van der Waals surface area (Å²) in [7, 11) is 1.32. The Kier molecular flexibility index (Phi) is 2.68. The second kappa shape index (κ2) is 3.79. The molecule has 1 unspecified atom stereocenters. The highest BCUT2D eigenvalue weighted by Crippen LogP contribution is 2.53. The van der Waals surface area contributed by atoms with Crippen LogP contribution in [0.3, 0.4) is 0 Å². The van der Waals surface area contributed by atoms with Gasteiger partial charge in [0.15, 0.2) is 5.78 Å². The number of Topliss-reactive ketones (excluding diaryl/α,β-unsaturated/α-hetero) is 1. The number of rotatable bonds is 3. The molecule has 0 bridgehead atoms. The van der Waals surface area contributed by atoms with Crippen molar-refractivity contribution in [3.05, 3.63) is 29.3 Å². The maximum Gasteiger partial charge on any atom is 0.172 e. The van der Waals surface area contributed by atoms with Gasteiger partial charge in [-0.25, -0.2) is 8.78 Å². The zero-order valence-corrected chi connectivity index (χ0v) is 10.0. The molecule has 0 N–H and O–H groups in total. The van der Waals surface area contributed by atoms with Crippen LogP contribution in [0.2, 0.25) is 0 Å². The predicted octanol–water partition coefficient (Wildman–Crippen LogP) is 3.20. The molecule has 4 heteroatoms. The average molecular weight is 240 g/mol. The number of hydrogen-bond donors (Lipinski definition) is 0. The topological polar surface area (TPSA) is 26.3 Å². The van der Waals surface area contributed by atoms with Gasteiger partial charge >= 0.3 is 0 Å². The van der Waals surface area contributed by atoms with Crippen LogP contribution in [0.5, 0.6) is 5.75 Å². The van der Waals surface area contributed by atoms with Crippen molar-refractivity contribution in [2.75, 3.05) is 7.11 Å². The fraction of sp³-hybridized carbons (Fsp3) is 0.462. The molecule has 2 rings (SSSR count). The molecular weight excluding hydrogens is 226 g/mol. The highest BCUT2D eigenvalue weighted by atomic mass is 19.1. The summed E-state index contributed by atoms with van der Waals surface area (Å²) >= 11 is 0. The molecule has 1 aliphatic rings. The Balaban J connectivity index is 2.36. The molecule has 0 spiro atoms. The van der Waals surface area contributed by atoms with Gasteiger partial charge in [-0.05, 0) is 11.8 Å². The average Bonchev–Trinajstić information content (AvgIpc) is 2.86. The Morgan fingerprint density at radius 3 is 2.18 bits per heavy atom. The molecule has 0 saturated heterocycles. The van der Waals surface area contributed by atoms with Crippen LogP contribution in [-0.2, 0) is 0 Å². The highest BCUT2D eigenvalue weighted by Gasteiger charge is 2.51.